The Labute approximate surface area is 117 Å². The van der Waals surface area contributed by atoms with Gasteiger partial charge in [0.15, 0.2) is 0 Å². The number of fused-ring (bicyclic) bond motifs is 1. The number of aromatic nitrogens is 2. The average Bonchev–Trinajstić information content (AvgIpc) is 2.79. The summed E-state index contributed by atoms with van der Waals surface area (Å²) in [6.07, 6.45) is -4.49. The number of benzene rings is 2. The molecule has 0 aliphatic heterocycles. The first-order valence-electron chi connectivity index (χ1n) is 5.84. The van der Waals surface area contributed by atoms with Gasteiger partial charge in [0.2, 0.25) is 5.82 Å². The van der Waals surface area contributed by atoms with Crippen molar-refractivity contribution >= 4 is 23.0 Å². The SMILES string of the molecule is FC(F)(F)c1nc2ccccc2n1Sc1ccccc1. The molecule has 0 aliphatic carbocycles. The molecule has 0 unspecified atom stereocenters. The minimum absolute atomic E-state index is 0.336. The second-order valence-electron chi connectivity index (χ2n) is 4.12. The summed E-state index contributed by atoms with van der Waals surface area (Å²) in [6.45, 7) is 0. The molecule has 0 spiro atoms. The van der Waals surface area contributed by atoms with Gasteiger partial charge < -0.3 is 0 Å². The van der Waals surface area contributed by atoms with Gasteiger partial charge in [-0.05, 0) is 36.2 Å². The number of nitrogens with zero attached hydrogens (tertiary/aromatic N) is 2. The van der Waals surface area contributed by atoms with Crippen LogP contribution in [0.15, 0.2) is 59.5 Å². The highest BCUT2D eigenvalue weighted by molar-refractivity contribution is 7.98. The fourth-order valence-corrected chi connectivity index (χ4v) is 2.83. The van der Waals surface area contributed by atoms with Crippen molar-refractivity contribution in [3.8, 4) is 0 Å². The first-order chi connectivity index (χ1) is 9.55. The third-order valence-corrected chi connectivity index (χ3v) is 3.75. The Morgan fingerprint density at radius 1 is 0.900 bits per heavy atom. The fourth-order valence-electron chi connectivity index (χ4n) is 1.86. The normalized spacial score (nSPS) is 11.9. The number of para-hydroxylation sites is 2. The zero-order valence-electron chi connectivity index (χ0n) is 10.1. The molecule has 3 aromatic rings. The molecule has 0 atom stereocenters. The monoisotopic (exact) mass is 294 g/mol. The maximum absolute atomic E-state index is 13.1. The molecule has 1 aromatic heterocycles. The summed E-state index contributed by atoms with van der Waals surface area (Å²) in [5.41, 5.74) is 0.789. The van der Waals surface area contributed by atoms with E-state index in [1.807, 2.05) is 6.07 Å². The van der Waals surface area contributed by atoms with Crippen molar-refractivity contribution in [3.05, 3.63) is 60.4 Å². The number of alkyl halides is 3. The largest absolute Gasteiger partial charge is 0.450 e. The van der Waals surface area contributed by atoms with Gasteiger partial charge in [-0.1, -0.05) is 30.3 Å². The average molecular weight is 294 g/mol. The van der Waals surface area contributed by atoms with Gasteiger partial charge in [-0.2, -0.15) is 13.2 Å². The molecule has 2 aromatic carbocycles. The van der Waals surface area contributed by atoms with E-state index in [1.54, 1.807) is 48.5 Å². The molecule has 0 saturated heterocycles. The molecule has 0 bridgehead atoms. The van der Waals surface area contributed by atoms with Crippen LogP contribution < -0.4 is 0 Å². The Balaban J connectivity index is 2.16. The van der Waals surface area contributed by atoms with E-state index in [2.05, 4.69) is 4.98 Å². The van der Waals surface area contributed by atoms with E-state index in [-0.39, 0.29) is 0 Å². The highest BCUT2D eigenvalue weighted by atomic mass is 32.2. The molecule has 102 valence electrons. The smallest absolute Gasteiger partial charge is 0.257 e. The summed E-state index contributed by atoms with van der Waals surface area (Å²) in [6, 6.07) is 15.5. The predicted octanol–water partition coefficient (Wildman–Crippen LogP) is 4.61. The van der Waals surface area contributed by atoms with Crippen molar-refractivity contribution in [2.24, 2.45) is 0 Å². The van der Waals surface area contributed by atoms with Crippen molar-refractivity contribution in [3.63, 3.8) is 0 Å². The van der Waals surface area contributed by atoms with Crippen molar-refractivity contribution in [2.75, 3.05) is 0 Å². The summed E-state index contributed by atoms with van der Waals surface area (Å²) in [7, 11) is 0. The van der Waals surface area contributed by atoms with Gasteiger partial charge in [0, 0.05) is 4.90 Å². The molecule has 0 saturated carbocycles. The van der Waals surface area contributed by atoms with Crippen LogP contribution in [0.2, 0.25) is 0 Å². The van der Waals surface area contributed by atoms with Crippen LogP contribution >= 0.6 is 11.9 Å². The Bertz CT molecular complexity index is 735. The van der Waals surface area contributed by atoms with E-state index < -0.39 is 12.0 Å². The van der Waals surface area contributed by atoms with Crippen LogP contribution in [0.1, 0.15) is 5.82 Å². The molecular formula is C14H9F3N2S. The van der Waals surface area contributed by atoms with Crippen LogP contribution in [0, 0.1) is 0 Å². The summed E-state index contributed by atoms with van der Waals surface area (Å²) < 4.78 is 40.4. The molecule has 3 rings (SSSR count). The van der Waals surface area contributed by atoms with Crippen molar-refractivity contribution in [1.82, 2.24) is 8.96 Å². The number of halogens is 3. The summed E-state index contributed by atoms with van der Waals surface area (Å²) in [4.78, 5) is 4.42. The van der Waals surface area contributed by atoms with Crippen LogP contribution in [-0.4, -0.2) is 8.96 Å². The van der Waals surface area contributed by atoms with Crippen molar-refractivity contribution in [1.29, 1.82) is 0 Å². The van der Waals surface area contributed by atoms with E-state index in [1.165, 1.54) is 0 Å². The first-order valence-corrected chi connectivity index (χ1v) is 6.61. The van der Waals surface area contributed by atoms with Gasteiger partial charge in [-0.15, -0.1) is 0 Å². The lowest BCUT2D eigenvalue weighted by molar-refractivity contribution is -0.144. The van der Waals surface area contributed by atoms with E-state index >= 15 is 0 Å². The fraction of sp³-hybridized carbons (Fsp3) is 0.0714. The molecule has 0 aliphatic rings. The van der Waals surface area contributed by atoms with E-state index in [9.17, 15) is 13.2 Å². The highest BCUT2D eigenvalue weighted by Crippen LogP contribution is 2.36. The highest BCUT2D eigenvalue weighted by Gasteiger charge is 2.38. The van der Waals surface area contributed by atoms with Gasteiger partial charge in [0.1, 0.15) is 0 Å². The van der Waals surface area contributed by atoms with Crippen molar-refractivity contribution in [2.45, 2.75) is 11.1 Å². The van der Waals surface area contributed by atoms with E-state index in [0.717, 1.165) is 20.8 Å². The number of rotatable bonds is 2. The third-order valence-electron chi connectivity index (χ3n) is 2.71. The standard InChI is InChI=1S/C14H9F3N2S/c15-14(16,17)13-18-11-8-4-5-9-12(11)19(13)20-10-6-2-1-3-7-10/h1-9H. The maximum atomic E-state index is 13.1. The van der Waals surface area contributed by atoms with Gasteiger partial charge in [-0.25, -0.2) is 4.98 Å². The Hall–Kier alpha value is -1.95. The second kappa shape index (κ2) is 4.86. The minimum Gasteiger partial charge on any atom is -0.257 e. The molecule has 0 fully saturated rings. The van der Waals surface area contributed by atoms with Crippen LogP contribution in [-0.2, 0) is 6.18 Å². The van der Waals surface area contributed by atoms with Crippen LogP contribution in [0.3, 0.4) is 0 Å². The Morgan fingerprint density at radius 3 is 2.25 bits per heavy atom. The summed E-state index contributed by atoms with van der Waals surface area (Å²) in [5, 5.41) is 0. The third kappa shape index (κ3) is 2.38. The molecule has 1 heterocycles. The second-order valence-corrected chi connectivity index (χ2v) is 5.14. The predicted molar refractivity (Wildman–Crippen MR) is 72.4 cm³/mol. The number of hydrogen-bond donors (Lipinski definition) is 0. The summed E-state index contributed by atoms with van der Waals surface area (Å²) in [5.74, 6) is -0.896. The lowest BCUT2D eigenvalue weighted by Gasteiger charge is -2.10. The lowest BCUT2D eigenvalue weighted by Crippen LogP contribution is -2.11. The van der Waals surface area contributed by atoms with Gasteiger partial charge in [-0.3, -0.25) is 3.97 Å². The molecule has 6 heteroatoms. The lowest BCUT2D eigenvalue weighted by atomic mass is 10.3. The van der Waals surface area contributed by atoms with Crippen LogP contribution in [0.25, 0.3) is 11.0 Å². The molecule has 20 heavy (non-hydrogen) atoms. The van der Waals surface area contributed by atoms with Crippen molar-refractivity contribution < 1.29 is 13.2 Å². The molecule has 0 radical (unpaired) electrons. The quantitative estimate of drug-likeness (QED) is 0.687. The Morgan fingerprint density at radius 2 is 1.55 bits per heavy atom. The number of hydrogen-bond acceptors (Lipinski definition) is 2. The topological polar surface area (TPSA) is 17.8 Å². The maximum Gasteiger partial charge on any atom is 0.450 e. The van der Waals surface area contributed by atoms with Gasteiger partial charge >= 0.3 is 6.18 Å². The van der Waals surface area contributed by atoms with E-state index in [4.69, 9.17) is 0 Å². The Kier molecular flexibility index (Phi) is 3.17. The molecule has 2 nitrogen and oxygen atoms in total. The van der Waals surface area contributed by atoms with Gasteiger partial charge in [0.05, 0.1) is 11.0 Å². The minimum atomic E-state index is -4.49. The zero-order chi connectivity index (χ0) is 14.2. The number of imidazole rings is 1. The van der Waals surface area contributed by atoms with Gasteiger partial charge in [0.25, 0.3) is 0 Å². The molecule has 0 amide bonds. The van der Waals surface area contributed by atoms with Crippen LogP contribution in [0.4, 0.5) is 13.2 Å². The molecule has 0 N–H and O–H groups in total. The molecular weight excluding hydrogens is 285 g/mol. The first kappa shape index (κ1) is 13.1. The van der Waals surface area contributed by atoms with Crippen LogP contribution in [0.5, 0.6) is 0 Å². The zero-order valence-corrected chi connectivity index (χ0v) is 10.9. The van der Waals surface area contributed by atoms with E-state index in [0.29, 0.717) is 11.0 Å². The summed E-state index contributed by atoms with van der Waals surface area (Å²) >= 11 is 1.01.